The highest BCUT2D eigenvalue weighted by Gasteiger charge is 2.16. The topological polar surface area (TPSA) is 41.5 Å². The summed E-state index contributed by atoms with van der Waals surface area (Å²) in [5.41, 5.74) is 2.88. The van der Waals surface area contributed by atoms with Crippen molar-refractivity contribution < 1.29 is 9.84 Å². The number of fused-ring (bicyclic) bond motifs is 1. The van der Waals surface area contributed by atoms with Gasteiger partial charge < -0.3 is 15.2 Å². The van der Waals surface area contributed by atoms with E-state index >= 15 is 0 Å². The van der Waals surface area contributed by atoms with E-state index in [4.69, 9.17) is 4.74 Å². The van der Waals surface area contributed by atoms with Crippen molar-refractivity contribution in [1.82, 2.24) is 5.32 Å². The molecule has 0 amide bonds. The van der Waals surface area contributed by atoms with Crippen LogP contribution in [0.5, 0.6) is 5.75 Å². The van der Waals surface area contributed by atoms with E-state index in [9.17, 15) is 5.11 Å². The molecule has 0 saturated heterocycles. The van der Waals surface area contributed by atoms with E-state index in [1.807, 2.05) is 6.07 Å². The van der Waals surface area contributed by atoms with E-state index in [1.165, 1.54) is 56.1 Å². The molecule has 2 aliphatic rings. The summed E-state index contributed by atoms with van der Waals surface area (Å²) in [6.07, 6.45) is 8.33. The van der Waals surface area contributed by atoms with E-state index in [0.717, 1.165) is 5.75 Å². The maximum atomic E-state index is 9.98. The highest BCUT2D eigenvalue weighted by Crippen LogP contribution is 2.26. The zero-order valence-corrected chi connectivity index (χ0v) is 12.1. The summed E-state index contributed by atoms with van der Waals surface area (Å²) in [5.74, 6) is 0.894. The van der Waals surface area contributed by atoms with Crippen LogP contribution in [0.2, 0.25) is 0 Å². The van der Waals surface area contributed by atoms with Crippen LogP contribution in [0.3, 0.4) is 0 Å². The summed E-state index contributed by atoms with van der Waals surface area (Å²) < 4.78 is 5.72. The molecule has 110 valence electrons. The van der Waals surface area contributed by atoms with Crippen LogP contribution in [0.25, 0.3) is 0 Å². The Bertz CT molecular complexity index is 441. The molecule has 3 nitrogen and oxygen atoms in total. The predicted molar refractivity (Wildman–Crippen MR) is 80.2 cm³/mol. The van der Waals surface area contributed by atoms with Crippen LogP contribution < -0.4 is 10.1 Å². The molecule has 2 N–H and O–H groups in total. The lowest BCUT2D eigenvalue weighted by molar-refractivity contribution is 0.104. The molecule has 1 aromatic rings. The molecular weight excluding hydrogens is 250 g/mol. The largest absolute Gasteiger partial charge is 0.491 e. The molecule has 1 fully saturated rings. The average Bonchev–Trinajstić information content (AvgIpc) is 3.13. The first-order valence-corrected chi connectivity index (χ1v) is 7.97. The molecule has 0 aromatic heterocycles. The van der Waals surface area contributed by atoms with Crippen LogP contribution in [0.15, 0.2) is 18.2 Å². The zero-order chi connectivity index (χ0) is 13.8. The number of benzene rings is 1. The number of aryl methyl sites for hydroxylation is 2. The van der Waals surface area contributed by atoms with E-state index < -0.39 is 6.10 Å². The van der Waals surface area contributed by atoms with Gasteiger partial charge in [0.25, 0.3) is 0 Å². The fourth-order valence-electron chi connectivity index (χ4n) is 3.32. The molecule has 0 unspecified atom stereocenters. The van der Waals surface area contributed by atoms with Gasteiger partial charge in [-0.1, -0.05) is 18.9 Å². The second-order valence-electron chi connectivity index (χ2n) is 6.14. The van der Waals surface area contributed by atoms with Crippen LogP contribution >= 0.6 is 0 Å². The zero-order valence-electron chi connectivity index (χ0n) is 12.1. The quantitative estimate of drug-likeness (QED) is 0.838. The molecule has 0 heterocycles. The van der Waals surface area contributed by atoms with E-state index in [0.29, 0.717) is 19.2 Å². The molecular formula is C17H25NO2. The fraction of sp³-hybridized carbons (Fsp3) is 0.647. The molecule has 0 bridgehead atoms. The monoisotopic (exact) mass is 275 g/mol. The van der Waals surface area contributed by atoms with Crippen molar-refractivity contribution in [2.45, 2.75) is 57.1 Å². The standard InChI is InChI=1S/C17H25NO2/c19-16(11-18-15-6-1-2-7-15)12-20-17-9-8-13-4-3-5-14(13)10-17/h8-10,15-16,18-19H,1-7,11-12H2/t16-/m1/s1. The van der Waals surface area contributed by atoms with Gasteiger partial charge in [0, 0.05) is 12.6 Å². The average molecular weight is 275 g/mol. The SMILES string of the molecule is O[C@H](CNC1CCCC1)COc1ccc2c(c1)CCC2. The van der Waals surface area contributed by atoms with Gasteiger partial charge in [0.2, 0.25) is 0 Å². The Balaban J connectivity index is 1.41. The first-order valence-electron chi connectivity index (χ1n) is 7.97. The van der Waals surface area contributed by atoms with Gasteiger partial charge in [-0.25, -0.2) is 0 Å². The number of hydrogen-bond acceptors (Lipinski definition) is 3. The Morgan fingerprint density at radius 3 is 2.80 bits per heavy atom. The third-order valence-corrected chi connectivity index (χ3v) is 4.51. The van der Waals surface area contributed by atoms with Gasteiger partial charge in [-0.2, -0.15) is 0 Å². The molecule has 0 aliphatic heterocycles. The maximum Gasteiger partial charge on any atom is 0.119 e. The van der Waals surface area contributed by atoms with E-state index in [2.05, 4.69) is 17.4 Å². The minimum Gasteiger partial charge on any atom is -0.491 e. The summed E-state index contributed by atoms with van der Waals surface area (Å²) >= 11 is 0. The number of ether oxygens (including phenoxy) is 1. The Morgan fingerprint density at radius 1 is 1.15 bits per heavy atom. The lowest BCUT2D eigenvalue weighted by atomic mass is 10.1. The Kier molecular flexibility index (Phi) is 4.58. The van der Waals surface area contributed by atoms with Gasteiger partial charge in [-0.3, -0.25) is 0 Å². The van der Waals surface area contributed by atoms with Crippen LogP contribution in [0, 0.1) is 0 Å². The number of nitrogens with one attached hydrogen (secondary N) is 1. The lowest BCUT2D eigenvalue weighted by Crippen LogP contribution is -2.36. The predicted octanol–water partition coefficient (Wildman–Crippen LogP) is 2.45. The van der Waals surface area contributed by atoms with Crippen LogP contribution in [0.4, 0.5) is 0 Å². The highest BCUT2D eigenvalue weighted by molar-refractivity contribution is 5.38. The van der Waals surface area contributed by atoms with Crippen LogP contribution in [-0.4, -0.2) is 30.4 Å². The van der Waals surface area contributed by atoms with Crippen molar-refractivity contribution in [2.24, 2.45) is 0 Å². The van der Waals surface area contributed by atoms with Crippen molar-refractivity contribution in [3.8, 4) is 5.75 Å². The first kappa shape index (κ1) is 13.9. The van der Waals surface area contributed by atoms with Crippen molar-refractivity contribution >= 4 is 0 Å². The molecule has 0 radical (unpaired) electrons. The number of aliphatic hydroxyl groups excluding tert-OH is 1. The van der Waals surface area contributed by atoms with Crippen molar-refractivity contribution in [2.75, 3.05) is 13.2 Å². The minimum absolute atomic E-state index is 0.374. The van der Waals surface area contributed by atoms with Gasteiger partial charge in [-0.05, 0) is 55.4 Å². The third kappa shape index (κ3) is 3.53. The fourth-order valence-corrected chi connectivity index (χ4v) is 3.32. The second kappa shape index (κ2) is 6.59. The van der Waals surface area contributed by atoms with Crippen molar-refractivity contribution in [3.63, 3.8) is 0 Å². The van der Waals surface area contributed by atoms with Crippen LogP contribution in [-0.2, 0) is 12.8 Å². The van der Waals surface area contributed by atoms with Gasteiger partial charge in [0.05, 0.1) is 0 Å². The third-order valence-electron chi connectivity index (χ3n) is 4.51. The number of hydrogen-bond donors (Lipinski definition) is 2. The Labute approximate surface area is 121 Å². The summed E-state index contributed by atoms with van der Waals surface area (Å²) in [7, 11) is 0. The lowest BCUT2D eigenvalue weighted by Gasteiger charge is -2.17. The maximum absolute atomic E-state index is 9.98. The molecule has 2 aliphatic carbocycles. The molecule has 1 aromatic carbocycles. The van der Waals surface area contributed by atoms with Crippen LogP contribution in [0.1, 0.15) is 43.2 Å². The molecule has 3 heteroatoms. The molecule has 0 spiro atoms. The summed E-state index contributed by atoms with van der Waals surface area (Å²) in [6.45, 7) is 1.01. The van der Waals surface area contributed by atoms with Crippen molar-refractivity contribution in [3.05, 3.63) is 29.3 Å². The van der Waals surface area contributed by atoms with Gasteiger partial charge in [0.1, 0.15) is 18.5 Å². The van der Waals surface area contributed by atoms with Gasteiger partial charge in [-0.15, -0.1) is 0 Å². The molecule has 1 saturated carbocycles. The Hall–Kier alpha value is -1.06. The summed E-state index contributed by atoms with van der Waals surface area (Å²) in [5, 5.41) is 13.4. The normalized spacial score (nSPS) is 20.1. The summed E-state index contributed by atoms with van der Waals surface area (Å²) in [4.78, 5) is 0. The van der Waals surface area contributed by atoms with Gasteiger partial charge in [0.15, 0.2) is 0 Å². The first-order chi connectivity index (χ1) is 9.81. The number of aliphatic hydroxyl groups is 1. The Morgan fingerprint density at radius 2 is 1.95 bits per heavy atom. The van der Waals surface area contributed by atoms with E-state index in [-0.39, 0.29) is 0 Å². The molecule has 1 atom stereocenters. The van der Waals surface area contributed by atoms with Crippen molar-refractivity contribution in [1.29, 1.82) is 0 Å². The smallest absolute Gasteiger partial charge is 0.119 e. The minimum atomic E-state index is -0.427. The second-order valence-corrected chi connectivity index (χ2v) is 6.14. The van der Waals surface area contributed by atoms with Gasteiger partial charge >= 0.3 is 0 Å². The molecule has 3 rings (SSSR count). The molecule has 20 heavy (non-hydrogen) atoms. The number of rotatable bonds is 6. The summed E-state index contributed by atoms with van der Waals surface area (Å²) in [6, 6.07) is 6.94. The highest BCUT2D eigenvalue weighted by atomic mass is 16.5. The van der Waals surface area contributed by atoms with E-state index in [1.54, 1.807) is 0 Å².